The van der Waals surface area contributed by atoms with Crippen molar-refractivity contribution in [3.8, 4) is 0 Å². The Morgan fingerprint density at radius 2 is 1.75 bits per heavy atom. The third-order valence-electron chi connectivity index (χ3n) is 4.53. The first-order chi connectivity index (χ1) is 9.65. The predicted octanol–water partition coefficient (Wildman–Crippen LogP) is 3.12. The van der Waals surface area contributed by atoms with Gasteiger partial charge >= 0.3 is 6.98 Å². The number of benzene rings is 1. The van der Waals surface area contributed by atoms with E-state index in [0.717, 1.165) is 6.67 Å². The van der Waals surface area contributed by atoms with Gasteiger partial charge in [-0.05, 0) is 32.1 Å². The standard InChI is InChI=1S/C15H27B2N3/c1-5-6-10-13-20-16(2)18(4)14-19(17(20)3)15-11-8-7-9-12-15/h7-9,11-12H,5-6,10,13-14H2,1-4H3. The highest BCUT2D eigenvalue weighted by Crippen LogP contribution is 2.22. The maximum atomic E-state index is 2.62. The predicted molar refractivity (Wildman–Crippen MR) is 91.0 cm³/mol. The minimum absolute atomic E-state index is 0.459. The first-order valence-electron chi connectivity index (χ1n) is 7.92. The van der Waals surface area contributed by atoms with Crippen molar-refractivity contribution in [2.24, 2.45) is 0 Å². The molecule has 1 heterocycles. The number of rotatable bonds is 5. The topological polar surface area (TPSA) is 9.72 Å². The molecule has 1 aliphatic heterocycles. The van der Waals surface area contributed by atoms with Crippen molar-refractivity contribution in [2.45, 2.75) is 39.8 Å². The molecule has 1 aromatic rings. The van der Waals surface area contributed by atoms with E-state index >= 15 is 0 Å². The Hall–Kier alpha value is -0.930. The number of hydrogen-bond acceptors (Lipinski definition) is 3. The lowest BCUT2D eigenvalue weighted by atomic mass is 9.57. The Labute approximate surface area is 125 Å². The van der Waals surface area contributed by atoms with E-state index in [4.69, 9.17) is 0 Å². The molecule has 0 amide bonds. The Kier molecular flexibility index (Phi) is 5.55. The Bertz CT molecular complexity index is 401. The molecule has 0 radical (unpaired) electrons. The van der Waals surface area contributed by atoms with Gasteiger partial charge in [0.05, 0.1) is 6.67 Å². The van der Waals surface area contributed by atoms with Crippen LogP contribution in [0.2, 0.25) is 13.6 Å². The van der Waals surface area contributed by atoms with E-state index in [2.05, 4.69) is 72.3 Å². The van der Waals surface area contributed by atoms with E-state index in [0.29, 0.717) is 14.0 Å². The molecule has 108 valence electrons. The zero-order valence-corrected chi connectivity index (χ0v) is 13.4. The molecule has 2 rings (SSSR count). The number of nitrogens with zero attached hydrogens (tertiary/aromatic N) is 3. The fourth-order valence-corrected chi connectivity index (χ4v) is 3.06. The van der Waals surface area contributed by atoms with Crippen LogP contribution in [0.4, 0.5) is 5.69 Å². The molecule has 5 heteroatoms. The molecule has 0 spiro atoms. The third-order valence-corrected chi connectivity index (χ3v) is 4.53. The number of unbranched alkanes of at least 4 members (excludes halogenated alkanes) is 2. The van der Waals surface area contributed by atoms with Crippen molar-refractivity contribution < 1.29 is 0 Å². The maximum absolute atomic E-state index is 2.62. The molecular formula is C15H27B2N3. The van der Waals surface area contributed by atoms with Crippen molar-refractivity contribution >= 4 is 19.7 Å². The first kappa shape index (κ1) is 15.5. The SMILES string of the molecule is CCCCCN1B(C)N(C)CN(c2ccccc2)B1C. The van der Waals surface area contributed by atoms with Crippen LogP contribution in [0.1, 0.15) is 26.2 Å². The lowest BCUT2D eigenvalue weighted by Gasteiger charge is -2.48. The smallest absolute Gasteiger partial charge is 0.330 e. The van der Waals surface area contributed by atoms with Gasteiger partial charge < -0.3 is 14.3 Å². The Morgan fingerprint density at radius 1 is 1.05 bits per heavy atom. The molecule has 0 aromatic heterocycles. The highest BCUT2D eigenvalue weighted by atomic mass is 15.4. The fourth-order valence-electron chi connectivity index (χ4n) is 3.06. The minimum atomic E-state index is 0.459. The average Bonchev–Trinajstić information content (AvgIpc) is 2.47. The largest absolute Gasteiger partial charge is 0.390 e. The van der Waals surface area contributed by atoms with Gasteiger partial charge in [-0.25, -0.2) is 0 Å². The summed E-state index contributed by atoms with van der Waals surface area (Å²) in [6.45, 7) is 10.1. The summed E-state index contributed by atoms with van der Waals surface area (Å²) in [6, 6.07) is 10.8. The van der Waals surface area contributed by atoms with Crippen molar-refractivity contribution in [1.82, 2.24) is 9.53 Å². The molecule has 1 saturated heterocycles. The summed E-state index contributed by atoms with van der Waals surface area (Å²) in [5.74, 6) is 0. The van der Waals surface area contributed by atoms with E-state index in [1.54, 1.807) is 0 Å². The van der Waals surface area contributed by atoms with E-state index < -0.39 is 0 Å². The third kappa shape index (κ3) is 3.39. The highest BCUT2D eigenvalue weighted by molar-refractivity contribution is 6.73. The maximum Gasteiger partial charge on any atom is 0.330 e. The van der Waals surface area contributed by atoms with Gasteiger partial charge in [0.1, 0.15) is 0 Å². The molecule has 20 heavy (non-hydrogen) atoms. The molecular weight excluding hydrogens is 244 g/mol. The fraction of sp³-hybridized carbons (Fsp3) is 0.600. The Balaban J connectivity index is 2.11. The van der Waals surface area contributed by atoms with Crippen molar-refractivity contribution in [1.29, 1.82) is 0 Å². The van der Waals surface area contributed by atoms with Crippen LogP contribution in [0.15, 0.2) is 30.3 Å². The normalized spacial score (nSPS) is 17.9. The molecule has 1 aromatic carbocycles. The molecule has 0 unspecified atom stereocenters. The summed E-state index contributed by atoms with van der Waals surface area (Å²) < 4.78 is 2.62. The molecule has 0 saturated carbocycles. The molecule has 3 nitrogen and oxygen atoms in total. The van der Waals surface area contributed by atoms with Crippen LogP contribution in [0, 0.1) is 0 Å². The van der Waals surface area contributed by atoms with Crippen LogP contribution in [-0.2, 0) is 0 Å². The Morgan fingerprint density at radius 3 is 2.40 bits per heavy atom. The van der Waals surface area contributed by atoms with Gasteiger partial charge in [0.2, 0.25) is 0 Å². The van der Waals surface area contributed by atoms with Crippen LogP contribution < -0.4 is 4.81 Å². The lowest BCUT2D eigenvalue weighted by molar-refractivity contribution is 0.434. The van der Waals surface area contributed by atoms with Crippen LogP contribution in [0.3, 0.4) is 0 Å². The monoisotopic (exact) mass is 271 g/mol. The lowest BCUT2D eigenvalue weighted by Crippen LogP contribution is -2.69. The second-order valence-electron chi connectivity index (χ2n) is 5.91. The van der Waals surface area contributed by atoms with E-state index in [-0.39, 0.29) is 0 Å². The zero-order valence-electron chi connectivity index (χ0n) is 13.4. The van der Waals surface area contributed by atoms with E-state index in [1.807, 2.05) is 0 Å². The minimum Gasteiger partial charge on any atom is -0.390 e. The van der Waals surface area contributed by atoms with Gasteiger partial charge in [-0.2, -0.15) is 0 Å². The first-order valence-corrected chi connectivity index (χ1v) is 7.92. The van der Waals surface area contributed by atoms with Crippen LogP contribution in [-0.4, -0.2) is 43.8 Å². The van der Waals surface area contributed by atoms with Gasteiger partial charge in [0.15, 0.2) is 0 Å². The van der Waals surface area contributed by atoms with Gasteiger partial charge in [-0.15, -0.1) is 0 Å². The van der Waals surface area contributed by atoms with Crippen LogP contribution in [0.5, 0.6) is 0 Å². The van der Waals surface area contributed by atoms with Crippen molar-refractivity contribution in [3.05, 3.63) is 30.3 Å². The summed E-state index contributed by atoms with van der Waals surface area (Å²) in [6.07, 6.45) is 3.90. The van der Waals surface area contributed by atoms with Crippen LogP contribution in [0.25, 0.3) is 0 Å². The summed E-state index contributed by atoms with van der Waals surface area (Å²) in [7, 11) is 2.22. The summed E-state index contributed by atoms with van der Waals surface area (Å²) in [5.41, 5.74) is 1.32. The zero-order chi connectivity index (χ0) is 14.5. The number of para-hydroxylation sites is 1. The number of hydrogen-bond donors (Lipinski definition) is 0. The van der Waals surface area contributed by atoms with E-state index in [9.17, 15) is 0 Å². The molecule has 0 aliphatic carbocycles. The van der Waals surface area contributed by atoms with Gasteiger partial charge in [-0.3, -0.25) is 0 Å². The molecule has 0 atom stereocenters. The number of anilines is 1. The molecule has 1 fully saturated rings. The molecule has 0 N–H and O–H groups in total. The summed E-state index contributed by atoms with van der Waals surface area (Å²) in [4.78, 5) is 4.92. The molecule has 1 aliphatic rings. The van der Waals surface area contributed by atoms with Gasteiger partial charge in [0, 0.05) is 5.69 Å². The quantitative estimate of drug-likeness (QED) is 0.601. The van der Waals surface area contributed by atoms with Gasteiger partial charge in [0.25, 0.3) is 6.98 Å². The summed E-state index contributed by atoms with van der Waals surface area (Å²) >= 11 is 0. The van der Waals surface area contributed by atoms with Crippen molar-refractivity contribution in [2.75, 3.05) is 25.1 Å². The highest BCUT2D eigenvalue weighted by Gasteiger charge is 2.38. The molecule has 0 bridgehead atoms. The average molecular weight is 271 g/mol. The van der Waals surface area contributed by atoms with Crippen LogP contribution >= 0.6 is 0 Å². The van der Waals surface area contributed by atoms with Crippen molar-refractivity contribution in [3.63, 3.8) is 0 Å². The van der Waals surface area contributed by atoms with E-state index in [1.165, 1.54) is 31.5 Å². The van der Waals surface area contributed by atoms with Gasteiger partial charge in [-0.1, -0.05) is 51.6 Å². The second-order valence-corrected chi connectivity index (χ2v) is 5.91. The second kappa shape index (κ2) is 7.19. The summed E-state index contributed by atoms with van der Waals surface area (Å²) in [5, 5.41) is 0.